The SMILES string of the molecule is Cc1ncsc1-c1ccc([C@H](C)NC(=O)C2C[C@@H](O)CN2C(=O)[C@@H](NC(=O)CN2CCNCC2)C(C)(C)C)cc1. The van der Waals surface area contributed by atoms with Gasteiger partial charge >= 0.3 is 0 Å². The molecule has 0 spiro atoms. The van der Waals surface area contributed by atoms with Crippen molar-refractivity contribution in [1.82, 2.24) is 30.7 Å². The van der Waals surface area contributed by atoms with Gasteiger partial charge in [0.25, 0.3) is 0 Å². The highest BCUT2D eigenvalue weighted by atomic mass is 32.1. The van der Waals surface area contributed by atoms with Crippen LogP contribution < -0.4 is 16.0 Å². The van der Waals surface area contributed by atoms with E-state index >= 15 is 0 Å². The van der Waals surface area contributed by atoms with Crippen LogP contribution in [0, 0.1) is 12.3 Å². The first kappa shape index (κ1) is 30.1. The van der Waals surface area contributed by atoms with Crippen LogP contribution in [0.1, 0.15) is 51.4 Å². The molecule has 2 aliphatic heterocycles. The summed E-state index contributed by atoms with van der Waals surface area (Å²) in [4.78, 5) is 49.1. The van der Waals surface area contributed by atoms with Gasteiger partial charge in [-0.2, -0.15) is 0 Å². The number of piperazine rings is 1. The van der Waals surface area contributed by atoms with E-state index < -0.39 is 23.6 Å². The molecule has 1 unspecified atom stereocenters. The van der Waals surface area contributed by atoms with Gasteiger partial charge < -0.3 is 26.0 Å². The molecule has 2 aromatic rings. The zero-order valence-electron chi connectivity index (χ0n) is 24.1. The summed E-state index contributed by atoms with van der Waals surface area (Å²) >= 11 is 1.59. The number of nitrogens with one attached hydrogen (secondary N) is 3. The van der Waals surface area contributed by atoms with Crippen LogP contribution in [0.25, 0.3) is 10.4 Å². The Morgan fingerprint density at radius 2 is 1.82 bits per heavy atom. The Bertz CT molecular complexity index is 1190. The van der Waals surface area contributed by atoms with Crippen molar-refractivity contribution in [3.05, 3.63) is 41.0 Å². The molecule has 2 aliphatic rings. The summed E-state index contributed by atoms with van der Waals surface area (Å²) in [5.41, 5.74) is 4.23. The maximum absolute atomic E-state index is 13.8. The second-order valence-corrected chi connectivity index (χ2v) is 12.8. The van der Waals surface area contributed by atoms with Gasteiger partial charge in [0.05, 0.1) is 34.8 Å². The van der Waals surface area contributed by atoms with Crippen LogP contribution in [0.15, 0.2) is 29.8 Å². The highest BCUT2D eigenvalue weighted by Gasteiger charge is 2.44. The first-order valence-corrected chi connectivity index (χ1v) is 14.8. The molecule has 40 heavy (non-hydrogen) atoms. The van der Waals surface area contributed by atoms with Crippen molar-refractivity contribution in [2.24, 2.45) is 5.41 Å². The van der Waals surface area contributed by atoms with E-state index in [1.807, 2.05) is 64.4 Å². The third-order valence-electron chi connectivity index (χ3n) is 7.64. The van der Waals surface area contributed by atoms with Crippen molar-refractivity contribution in [3.63, 3.8) is 0 Å². The molecule has 1 aromatic carbocycles. The first-order chi connectivity index (χ1) is 18.9. The minimum Gasteiger partial charge on any atom is -0.391 e. The number of aliphatic hydroxyl groups excluding tert-OH is 1. The van der Waals surface area contributed by atoms with Gasteiger partial charge in [0.2, 0.25) is 17.7 Å². The van der Waals surface area contributed by atoms with Gasteiger partial charge in [-0.1, -0.05) is 45.0 Å². The Kier molecular flexibility index (Phi) is 9.60. The number of aryl methyl sites for hydroxylation is 1. The molecule has 11 heteroatoms. The van der Waals surface area contributed by atoms with E-state index in [4.69, 9.17) is 0 Å². The van der Waals surface area contributed by atoms with E-state index in [0.29, 0.717) is 0 Å². The fraction of sp³-hybridized carbons (Fsp3) is 0.586. The molecular formula is C29H42N6O4S. The van der Waals surface area contributed by atoms with Crippen molar-refractivity contribution in [3.8, 4) is 10.4 Å². The second-order valence-electron chi connectivity index (χ2n) is 11.9. The van der Waals surface area contributed by atoms with Crippen molar-refractivity contribution in [2.45, 2.75) is 65.3 Å². The number of β-amino-alcohol motifs (C(OH)–C–C–N with tert-alkyl or cyclic N) is 1. The normalized spacial score (nSPS) is 21.6. The number of nitrogens with zero attached hydrogens (tertiary/aromatic N) is 3. The Labute approximate surface area is 240 Å². The van der Waals surface area contributed by atoms with E-state index in [1.54, 1.807) is 11.3 Å². The van der Waals surface area contributed by atoms with Crippen molar-refractivity contribution in [2.75, 3.05) is 39.3 Å². The number of rotatable bonds is 8. The average molecular weight is 571 g/mol. The third kappa shape index (κ3) is 7.25. The number of aromatic nitrogens is 1. The van der Waals surface area contributed by atoms with Gasteiger partial charge in [0, 0.05) is 39.1 Å². The van der Waals surface area contributed by atoms with Gasteiger partial charge in [-0.3, -0.25) is 19.3 Å². The second kappa shape index (κ2) is 12.8. The summed E-state index contributed by atoms with van der Waals surface area (Å²) in [5.74, 6) is -0.893. The summed E-state index contributed by atoms with van der Waals surface area (Å²) < 4.78 is 0. The quantitative estimate of drug-likeness (QED) is 0.381. The number of benzene rings is 1. The number of hydrogen-bond donors (Lipinski definition) is 4. The summed E-state index contributed by atoms with van der Waals surface area (Å²) in [5, 5.41) is 19.7. The molecular weight excluding hydrogens is 528 g/mol. The number of likely N-dealkylation sites (tertiary alicyclic amines) is 1. The van der Waals surface area contributed by atoms with Gasteiger partial charge in [0.15, 0.2) is 0 Å². The van der Waals surface area contributed by atoms with Crippen molar-refractivity contribution < 1.29 is 19.5 Å². The summed E-state index contributed by atoms with van der Waals surface area (Å²) in [6.45, 7) is 13.0. The predicted molar refractivity (Wildman–Crippen MR) is 156 cm³/mol. The van der Waals surface area contributed by atoms with E-state index in [2.05, 4.69) is 25.8 Å². The number of thiazole rings is 1. The van der Waals surface area contributed by atoms with Gasteiger partial charge in [0.1, 0.15) is 12.1 Å². The van der Waals surface area contributed by atoms with Crippen molar-refractivity contribution >= 4 is 29.1 Å². The Hall–Kier alpha value is -2.86. The zero-order chi connectivity index (χ0) is 29.0. The number of carbonyl (C=O) groups is 3. The largest absolute Gasteiger partial charge is 0.391 e. The lowest BCUT2D eigenvalue weighted by atomic mass is 9.85. The number of amides is 3. The fourth-order valence-corrected chi connectivity index (χ4v) is 6.11. The molecule has 4 N–H and O–H groups in total. The molecule has 4 atom stereocenters. The average Bonchev–Trinajstić information content (AvgIpc) is 3.52. The molecule has 218 valence electrons. The van der Waals surface area contributed by atoms with Crippen LogP contribution in [-0.4, -0.2) is 95.1 Å². The van der Waals surface area contributed by atoms with Crippen LogP contribution in [0.2, 0.25) is 0 Å². The third-order valence-corrected chi connectivity index (χ3v) is 8.61. The summed E-state index contributed by atoms with van der Waals surface area (Å²) in [6, 6.07) is 6.05. The Morgan fingerprint density at radius 3 is 2.42 bits per heavy atom. The lowest BCUT2D eigenvalue weighted by Gasteiger charge is -2.36. The molecule has 1 aromatic heterocycles. The highest BCUT2D eigenvalue weighted by Crippen LogP contribution is 2.29. The molecule has 0 bridgehead atoms. The minimum absolute atomic E-state index is 0.0500. The smallest absolute Gasteiger partial charge is 0.246 e. The molecule has 0 radical (unpaired) electrons. The van der Waals surface area contributed by atoms with Gasteiger partial charge in [-0.15, -0.1) is 11.3 Å². The summed E-state index contributed by atoms with van der Waals surface area (Å²) in [7, 11) is 0. The number of hydrogen-bond acceptors (Lipinski definition) is 8. The highest BCUT2D eigenvalue weighted by molar-refractivity contribution is 7.13. The maximum Gasteiger partial charge on any atom is 0.246 e. The first-order valence-electron chi connectivity index (χ1n) is 14.0. The van der Waals surface area contributed by atoms with E-state index in [9.17, 15) is 19.5 Å². The molecule has 3 amide bonds. The van der Waals surface area contributed by atoms with Gasteiger partial charge in [-0.25, -0.2) is 4.98 Å². The summed E-state index contributed by atoms with van der Waals surface area (Å²) in [6.07, 6.45) is -0.659. The monoisotopic (exact) mass is 570 g/mol. The standard InChI is InChI=1S/C29H42N6O4S/c1-18(20-6-8-21(9-7-20)25-19(2)31-17-40-25)32-27(38)23-14-22(36)15-35(23)28(39)26(29(3,4)5)33-24(37)16-34-12-10-30-11-13-34/h6-9,17-18,22-23,26,30,36H,10-16H2,1-5H3,(H,32,38)(H,33,37)/t18-,22+,23?,26+/m0/s1. The predicted octanol–water partition coefficient (Wildman–Crippen LogP) is 1.69. The molecule has 4 rings (SSSR count). The van der Waals surface area contributed by atoms with E-state index in [-0.39, 0.29) is 43.3 Å². The van der Waals surface area contributed by atoms with E-state index in [1.165, 1.54) is 4.90 Å². The molecule has 10 nitrogen and oxygen atoms in total. The van der Waals surface area contributed by atoms with Crippen LogP contribution >= 0.6 is 11.3 Å². The zero-order valence-corrected chi connectivity index (χ0v) is 24.9. The molecule has 2 fully saturated rings. The lowest BCUT2D eigenvalue weighted by molar-refractivity contribution is -0.144. The number of carbonyl (C=O) groups excluding carboxylic acids is 3. The topological polar surface area (TPSA) is 127 Å². The Balaban J connectivity index is 1.42. The lowest BCUT2D eigenvalue weighted by Crippen LogP contribution is -2.59. The molecule has 2 saturated heterocycles. The Morgan fingerprint density at radius 1 is 1.15 bits per heavy atom. The fourth-order valence-electron chi connectivity index (χ4n) is 5.29. The van der Waals surface area contributed by atoms with Crippen LogP contribution in [0.3, 0.4) is 0 Å². The molecule has 0 aliphatic carbocycles. The minimum atomic E-state index is -0.830. The van der Waals surface area contributed by atoms with Crippen LogP contribution in [-0.2, 0) is 14.4 Å². The molecule has 0 saturated carbocycles. The maximum atomic E-state index is 13.8. The van der Waals surface area contributed by atoms with Crippen LogP contribution in [0.4, 0.5) is 0 Å². The number of aliphatic hydroxyl groups is 1. The van der Waals surface area contributed by atoms with Gasteiger partial charge in [-0.05, 0) is 30.4 Å². The van der Waals surface area contributed by atoms with Crippen LogP contribution in [0.5, 0.6) is 0 Å². The molecule has 3 heterocycles. The van der Waals surface area contributed by atoms with Crippen molar-refractivity contribution in [1.29, 1.82) is 0 Å². The van der Waals surface area contributed by atoms with E-state index in [0.717, 1.165) is 47.9 Å².